The van der Waals surface area contributed by atoms with E-state index in [9.17, 15) is 4.79 Å². The van der Waals surface area contributed by atoms with Crippen LogP contribution in [-0.2, 0) is 6.54 Å². The molecular formula is C15H14N2O3. The van der Waals surface area contributed by atoms with Crippen LogP contribution in [0.15, 0.2) is 51.9 Å². The van der Waals surface area contributed by atoms with Crippen molar-refractivity contribution < 1.29 is 9.15 Å². The number of hydrogen-bond acceptors (Lipinski definition) is 4. The molecule has 0 spiro atoms. The van der Waals surface area contributed by atoms with E-state index >= 15 is 0 Å². The van der Waals surface area contributed by atoms with E-state index in [1.165, 1.54) is 6.07 Å². The Hall–Kier alpha value is -2.56. The van der Waals surface area contributed by atoms with Gasteiger partial charge in [0.25, 0.3) is 0 Å². The molecule has 102 valence electrons. The second-order valence-electron chi connectivity index (χ2n) is 4.47. The summed E-state index contributed by atoms with van der Waals surface area (Å²) in [5, 5.41) is 0.877. The Morgan fingerprint density at radius 2 is 2.15 bits per heavy atom. The van der Waals surface area contributed by atoms with E-state index in [1.807, 2.05) is 29.8 Å². The minimum atomic E-state index is -0.358. The Kier molecular flexibility index (Phi) is 3.25. The summed E-state index contributed by atoms with van der Waals surface area (Å²) in [5.41, 5.74) is 0.178. The Bertz CT molecular complexity index is 789. The SMILES string of the molecule is Cc1nccn1CCOc1ccc2ccc(=O)oc2c1. The number of hydrogen-bond donors (Lipinski definition) is 0. The molecule has 2 aromatic heterocycles. The first kappa shape index (κ1) is 12.5. The van der Waals surface area contributed by atoms with Crippen LogP contribution in [0.25, 0.3) is 11.0 Å². The van der Waals surface area contributed by atoms with Crippen LogP contribution >= 0.6 is 0 Å². The number of ether oxygens (including phenoxy) is 1. The molecule has 0 amide bonds. The molecule has 0 saturated carbocycles. The first-order valence-corrected chi connectivity index (χ1v) is 6.37. The number of imidazole rings is 1. The monoisotopic (exact) mass is 270 g/mol. The van der Waals surface area contributed by atoms with Crippen LogP contribution in [-0.4, -0.2) is 16.2 Å². The molecular weight excluding hydrogens is 256 g/mol. The van der Waals surface area contributed by atoms with Gasteiger partial charge < -0.3 is 13.7 Å². The van der Waals surface area contributed by atoms with Gasteiger partial charge in [0.15, 0.2) is 0 Å². The molecule has 0 fully saturated rings. The minimum Gasteiger partial charge on any atom is -0.492 e. The standard InChI is InChI=1S/C15H14N2O3/c1-11-16-6-7-17(11)8-9-19-13-4-2-12-3-5-15(18)20-14(12)10-13/h2-7,10H,8-9H2,1H3. The zero-order valence-electron chi connectivity index (χ0n) is 11.1. The average molecular weight is 270 g/mol. The molecule has 0 aliphatic rings. The fourth-order valence-corrected chi connectivity index (χ4v) is 2.03. The number of rotatable bonds is 4. The summed E-state index contributed by atoms with van der Waals surface area (Å²) in [6, 6.07) is 8.61. The predicted octanol–water partition coefficient (Wildman–Crippen LogP) is 2.38. The zero-order chi connectivity index (χ0) is 13.9. The van der Waals surface area contributed by atoms with Gasteiger partial charge in [-0.05, 0) is 25.1 Å². The van der Waals surface area contributed by atoms with Gasteiger partial charge in [0, 0.05) is 29.9 Å². The van der Waals surface area contributed by atoms with Crippen molar-refractivity contribution in [1.29, 1.82) is 0 Å². The number of nitrogens with zero attached hydrogens (tertiary/aromatic N) is 2. The summed E-state index contributed by atoms with van der Waals surface area (Å²) < 4.78 is 12.8. The highest BCUT2D eigenvalue weighted by atomic mass is 16.5. The molecule has 0 atom stereocenters. The summed E-state index contributed by atoms with van der Waals surface area (Å²) in [7, 11) is 0. The van der Waals surface area contributed by atoms with E-state index < -0.39 is 0 Å². The second-order valence-corrected chi connectivity index (χ2v) is 4.47. The molecule has 0 radical (unpaired) electrons. The normalized spacial score (nSPS) is 10.8. The molecule has 5 nitrogen and oxygen atoms in total. The number of fused-ring (bicyclic) bond motifs is 1. The summed E-state index contributed by atoms with van der Waals surface area (Å²) in [5.74, 6) is 1.64. The third kappa shape index (κ3) is 2.56. The van der Waals surface area contributed by atoms with Crippen LogP contribution in [0.1, 0.15) is 5.82 Å². The van der Waals surface area contributed by atoms with Crippen molar-refractivity contribution in [2.45, 2.75) is 13.5 Å². The van der Waals surface area contributed by atoms with Gasteiger partial charge in [-0.2, -0.15) is 0 Å². The Labute approximate surface area is 115 Å². The quantitative estimate of drug-likeness (QED) is 0.683. The van der Waals surface area contributed by atoms with E-state index in [1.54, 1.807) is 18.3 Å². The molecule has 0 saturated heterocycles. The summed E-state index contributed by atoms with van der Waals surface area (Å²) in [6.45, 7) is 3.20. The molecule has 3 rings (SSSR count). The van der Waals surface area contributed by atoms with E-state index in [0.29, 0.717) is 17.9 Å². The maximum Gasteiger partial charge on any atom is 0.336 e. The number of benzene rings is 1. The smallest absolute Gasteiger partial charge is 0.336 e. The van der Waals surface area contributed by atoms with Crippen molar-refractivity contribution in [3.8, 4) is 5.75 Å². The van der Waals surface area contributed by atoms with Crippen LogP contribution in [0.5, 0.6) is 5.75 Å². The van der Waals surface area contributed by atoms with Crippen molar-refractivity contribution in [3.63, 3.8) is 0 Å². The van der Waals surface area contributed by atoms with Gasteiger partial charge >= 0.3 is 5.63 Å². The highest BCUT2D eigenvalue weighted by Gasteiger charge is 2.01. The molecule has 1 aromatic carbocycles. The lowest BCUT2D eigenvalue weighted by Crippen LogP contribution is -2.08. The van der Waals surface area contributed by atoms with Gasteiger partial charge in [0.1, 0.15) is 23.8 Å². The van der Waals surface area contributed by atoms with Crippen molar-refractivity contribution in [2.24, 2.45) is 0 Å². The van der Waals surface area contributed by atoms with E-state index in [0.717, 1.165) is 17.8 Å². The van der Waals surface area contributed by atoms with E-state index in [-0.39, 0.29) is 5.63 Å². The van der Waals surface area contributed by atoms with Crippen LogP contribution in [0.2, 0.25) is 0 Å². The first-order chi connectivity index (χ1) is 9.72. The summed E-state index contributed by atoms with van der Waals surface area (Å²) in [4.78, 5) is 15.3. The molecule has 0 N–H and O–H groups in total. The highest BCUT2D eigenvalue weighted by Crippen LogP contribution is 2.19. The lowest BCUT2D eigenvalue weighted by molar-refractivity contribution is 0.297. The van der Waals surface area contributed by atoms with Gasteiger partial charge in [-0.1, -0.05) is 0 Å². The predicted molar refractivity (Wildman–Crippen MR) is 74.9 cm³/mol. The molecule has 5 heteroatoms. The Morgan fingerprint density at radius 1 is 1.30 bits per heavy atom. The molecule has 0 aliphatic heterocycles. The van der Waals surface area contributed by atoms with Gasteiger partial charge in [-0.3, -0.25) is 0 Å². The van der Waals surface area contributed by atoms with Gasteiger partial charge in [0.05, 0.1) is 6.54 Å². The largest absolute Gasteiger partial charge is 0.492 e. The molecule has 0 aliphatic carbocycles. The summed E-state index contributed by atoms with van der Waals surface area (Å²) in [6.07, 6.45) is 3.68. The topological polar surface area (TPSA) is 57.3 Å². The van der Waals surface area contributed by atoms with Crippen LogP contribution in [0.4, 0.5) is 0 Å². The van der Waals surface area contributed by atoms with Crippen LogP contribution in [0, 0.1) is 6.92 Å². The van der Waals surface area contributed by atoms with Gasteiger partial charge in [-0.25, -0.2) is 9.78 Å². The van der Waals surface area contributed by atoms with Gasteiger partial charge in [-0.15, -0.1) is 0 Å². The highest BCUT2D eigenvalue weighted by molar-refractivity contribution is 5.77. The maximum absolute atomic E-state index is 11.2. The second kappa shape index (κ2) is 5.21. The molecule has 0 unspecified atom stereocenters. The minimum absolute atomic E-state index is 0.358. The lowest BCUT2D eigenvalue weighted by Gasteiger charge is -2.08. The molecule has 20 heavy (non-hydrogen) atoms. The third-order valence-corrected chi connectivity index (χ3v) is 3.12. The lowest BCUT2D eigenvalue weighted by atomic mass is 10.2. The molecule has 3 aromatic rings. The van der Waals surface area contributed by atoms with Crippen LogP contribution in [0.3, 0.4) is 0 Å². The van der Waals surface area contributed by atoms with Crippen LogP contribution < -0.4 is 10.4 Å². The zero-order valence-corrected chi connectivity index (χ0v) is 11.1. The average Bonchev–Trinajstić information content (AvgIpc) is 2.84. The van der Waals surface area contributed by atoms with E-state index in [2.05, 4.69) is 4.98 Å². The van der Waals surface area contributed by atoms with Crippen molar-refractivity contribution in [2.75, 3.05) is 6.61 Å². The van der Waals surface area contributed by atoms with Crippen molar-refractivity contribution in [3.05, 3.63) is 59.0 Å². The fraction of sp³-hybridized carbons (Fsp3) is 0.200. The summed E-state index contributed by atoms with van der Waals surface area (Å²) >= 11 is 0. The van der Waals surface area contributed by atoms with E-state index in [4.69, 9.17) is 9.15 Å². The fourth-order valence-electron chi connectivity index (χ4n) is 2.03. The first-order valence-electron chi connectivity index (χ1n) is 6.37. The number of aromatic nitrogens is 2. The van der Waals surface area contributed by atoms with Crippen molar-refractivity contribution >= 4 is 11.0 Å². The Morgan fingerprint density at radius 3 is 2.95 bits per heavy atom. The van der Waals surface area contributed by atoms with Gasteiger partial charge in [0.2, 0.25) is 0 Å². The Balaban J connectivity index is 1.71. The third-order valence-electron chi connectivity index (χ3n) is 3.12. The molecule has 0 bridgehead atoms. The maximum atomic E-state index is 11.2. The number of aryl methyl sites for hydroxylation is 1. The molecule has 2 heterocycles. The van der Waals surface area contributed by atoms with Crippen molar-refractivity contribution in [1.82, 2.24) is 9.55 Å².